The monoisotopic (exact) mass is 260 g/mol. The molecular formula is C11H7F3O4. The van der Waals surface area contributed by atoms with Crippen molar-refractivity contribution in [2.24, 2.45) is 0 Å². The molecule has 0 saturated heterocycles. The zero-order valence-corrected chi connectivity index (χ0v) is 8.73. The number of carboxylic acid groups (broad SMARTS) is 2. The second-order valence-electron chi connectivity index (χ2n) is 3.32. The van der Waals surface area contributed by atoms with E-state index in [1.165, 1.54) is 0 Å². The molecule has 0 heterocycles. The maximum Gasteiger partial charge on any atom is 0.416 e. The van der Waals surface area contributed by atoms with Crippen molar-refractivity contribution in [1.82, 2.24) is 0 Å². The van der Waals surface area contributed by atoms with E-state index in [-0.39, 0.29) is 5.56 Å². The molecule has 1 aromatic carbocycles. The van der Waals surface area contributed by atoms with Crippen LogP contribution < -0.4 is 0 Å². The lowest BCUT2D eigenvalue weighted by Gasteiger charge is -2.08. The first-order chi connectivity index (χ1) is 8.20. The van der Waals surface area contributed by atoms with Gasteiger partial charge in [0.05, 0.1) is 11.1 Å². The highest BCUT2D eigenvalue weighted by Crippen LogP contribution is 2.31. The first-order valence-electron chi connectivity index (χ1n) is 4.57. The van der Waals surface area contributed by atoms with E-state index in [2.05, 4.69) is 0 Å². The van der Waals surface area contributed by atoms with Crippen LogP contribution in [0.2, 0.25) is 0 Å². The van der Waals surface area contributed by atoms with Gasteiger partial charge in [-0.15, -0.1) is 0 Å². The van der Waals surface area contributed by atoms with E-state index in [1.54, 1.807) is 0 Å². The molecule has 1 aromatic rings. The predicted molar refractivity (Wildman–Crippen MR) is 55.1 cm³/mol. The van der Waals surface area contributed by atoms with Crippen molar-refractivity contribution in [2.45, 2.75) is 6.18 Å². The average molecular weight is 260 g/mol. The second kappa shape index (κ2) is 4.91. The van der Waals surface area contributed by atoms with Crippen LogP contribution in [0.15, 0.2) is 24.3 Å². The molecule has 0 aromatic heterocycles. The zero-order chi connectivity index (χ0) is 13.9. The van der Waals surface area contributed by atoms with Gasteiger partial charge in [-0.25, -0.2) is 9.59 Å². The molecule has 0 atom stereocenters. The molecule has 2 N–H and O–H groups in total. The lowest BCUT2D eigenvalue weighted by Crippen LogP contribution is -2.08. The first kappa shape index (κ1) is 13.8. The van der Waals surface area contributed by atoms with E-state index in [0.717, 1.165) is 12.1 Å². The number of benzene rings is 1. The molecule has 0 fully saturated rings. The van der Waals surface area contributed by atoms with Gasteiger partial charge in [0, 0.05) is 6.08 Å². The molecule has 0 amide bonds. The first-order valence-corrected chi connectivity index (χ1v) is 4.57. The largest absolute Gasteiger partial charge is 0.478 e. The average Bonchev–Trinajstić information content (AvgIpc) is 2.24. The lowest BCUT2D eigenvalue weighted by atomic mass is 10.0. The highest BCUT2D eigenvalue weighted by Gasteiger charge is 2.31. The minimum absolute atomic E-state index is 0.148. The zero-order valence-electron chi connectivity index (χ0n) is 8.73. The van der Waals surface area contributed by atoms with Gasteiger partial charge in [0.15, 0.2) is 0 Å². The van der Waals surface area contributed by atoms with E-state index < -0.39 is 29.2 Å². The molecule has 0 saturated carbocycles. The summed E-state index contributed by atoms with van der Waals surface area (Å²) in [4.78, 5) is 20.9. The molecule has 1 rings (SSSR count). The van der Waals surface area contributed by atoms with E-state index in [9.17, 15) is 22.8 Å². The summed E-state index contributed by atoms with van der Waals surface area (Å²) in [5.74, 6) is -2.87. The van der Waals surface area contributed by atoms with Crippen molar-refractivity contribution < 1.29 is 33.0 Å². The van der Waals surface area contributed by atoms with Gasteiger partial charge in [-0.3, -0.25) is 0 Å². The van der Waals surface area contributed by atoms with Crippen LogP contribution in [0, 0.1) is 0 Å². The van der Waals surface area contributed by atoms with Gasteiger partial charge in [0.25, 0.3) is 0 Å². The summed E-state index contributed by atoms with van der Waals surface area (Å²) < 4.78 is 37.4. The molecule has 96 valence electrons. The Balaban J connectivity index is 3.31. The van der Waals surface area contributed by atoms with Crippen LogP contribution >= 0.6 is 0 Å². The molecule has 4 nitrogen and oxygen atoms in total. The number of hydrogen-bond acceptors (Lipinski definition) is 2. The minimum atomic E-state index is -4.70. The molecule has 7 heteroatoms. The molecule has 0 aliphatic rings. The van der Waals surface area contributed by atoms with E-state index in [0.29, 0.717) is 18.2 Å². The number of aromatic carboxylic acids is 1. The fourth-order valence-corrected chi connectivity index (χ4v) is 1.20. The third-order valence-corrected chi connectivity index (χ3v) is 1.95. The van der Waals surface area contributed by atoms with E-state index in [4.69, 9.17) is 10.2 Å². The van der Waals surface area contributed by atoms with Crippen molar-refractivity contribution in [3.05, 3.63) is 41.0 Å². The van der Waals surface area contributed by atoms with E-state index in [1.807, 2.05) is 0 Å². The highest BCUT2D eigenvalue weighted by atomic mass is 19.4. The number of hydrogen-bond donors (Lipinski definition) is 2. The van der Waals surface area contributed by atoms with Gasteiger partial charge in [0.1, 0.15) is 0 Å². The lowest BCUT2D eigenvalue weighted by molar-refractivity contribution is -0.137. The summed E-state index contributed by atoms with van der Waals surface area (Å²) in [5.41, 5.74) is -1.85. The number of aliphatic carboxylic acids is 1. The van der Waals surface area contributed by atoms with Crippen LogP contribution in [0.1, 0.15) is 21.5 Å². The standard InChI is InChI=1S/C11H7F3O4/c12-11(13,14)8-4-6(1-2-9(15)16)3-7(5-8)10(17)18/h1-5H,(H,15,16)(H,17,18). The van der Waals surface area contributed by atoms with Gasteiger partial charge in [-0.05, 0) is 29.8 Å². The summed E-state index contributed by atoms with van der Waals surface area (Å²) in [5, 5.41) is 17.0. The molecule has 0 unspecified atom stereocenters. The van der Waals surface area contributed by atoms with Gasteiger partial charge < -0.3 is 10.2 Å². The smallest absolute Gasteiger partial charge is 0.416 e. The molecule has 0 aliphatic heterocycles. The SMILES string of the molecule is O=C(O)C=Cc1cc(C(=O)O)cc(C(F)(F)F)c1. The van der Waals surface area contributed by atoms with Crippen molar-refractivity contribution in [1.29, 1.82) is 0 Å². The van der Waals surface area contributed by atoms with Crippen LogP contribution in [0.4, 0.5) is 13.2 Å². The van der Waals surface area contributed by atoms with Crippen LogP contribution in [0.5, 0.6) is 0 Å². The Bertz CT molecular complexity index is 518. The quantitative estimate of drug-likeness (QED) is 0.819. The molecule has 0 bridgehead atoms. The van der Waals surface area contributed by atoms with Crippen molar-refractivity contribution in [3.8, 4) is 0 Å². The van der Waals surface area contributed by atoms with Gasteiger partial charge >= 0.3 is 18.1 Å². The summed E-state index contributed by atoms with van der Waals surface area (Å²) in [7, 11) is 0. The molecule has 18 heavy (non-hydrogen) atoms. The highest BCUT2D eigenvalue weighted by molar-refractivity contribution is 5.90. The Morgan fingerprint density at radius 1 is 1.11 bits per heavy atom. The third kappa shape index (κ3) is 3.62. The molecule has 0 radical (unpaired) electrons. The third-order valence-electron chi connectivity index (χ3n) is 1.95. The maximum absolute atomic E-state index is 12.5. The minimum Gasteiger partial charge on any atom is -0.478 e. The fourth-order valence-electron chi connectivity index (χ4n) is 1.20. The molecular weight excluding hydrogens is 253 g/mol. The predicted octanol–water partition coefficient (Wildman–Crippen LogP) is 2.50. The summed E-state index contributed by atoms with van der Waals surface area (Å²) >= 11 is 0. The Kier molecular flexibility index (Phi) is 3.75. The second-order valence-corrected chi connectivity index (χ2v) is 3.32. The Hall–Kier alpha value is -2.31. The summed E-state index contributed by atoms with van der Waals surface area (Å²) in [6, 6.07) is 2.11. The van der Waals surface area contributed by atoms with Crippen LogP contribution in [0.3, 0.4) is 0 Å². The Labute approximate surface area is 99.0 Å². The van der Waals surface area contributed by atoms with Crippen molar-refractivity contribution in [2.75, 3.05) is 0 Å². The molecule has 0 aliphatic carbocycles. The topological polar surface area (TPSA) is 74.6 Å². The Morgan fingerprint density at radius 3 is 2.17 bits per heavy atom. The number of halogens is 3. The van der Waals surface area contributed by atoms with Crippen LogP contribution in [0.25, 0.3) is 6.08 Å². The van der Waals surface area contributed by atoms with Crippen molar-refractivity contribution in [3.63, 3.8) is 0 Å². The fraction of sp³-hybridized carbons (Fsp3) is 0.0909. The molecule has 0 spiro atoms. The summed E-state index contributed by atoms with van der Waals surface area (Å²) in [6.07, 6.45) is -3.18. The van der Waals surface area contributed by atoms with Gasteiger partial charge in [-0.1, -0.05) is 0 Å². The maximum atomic E-state index is 12.5. The van der Waals surface area contributed by atoms with E-state index >= 15 is 0 Å². The van der Waals surface area contributed by atoms with Gasteiger partial charge in [-0.2, -0.15) is 13.2 Å². The number of rotatable bonds is 3. The number of alkyl halides is 3. The Morgan fingerprint density at radius 2 is 1.72 bits per heavy atom. The van der Waals surface area contributed by atoms with Crippen LogP contribution in [-0.2, 0) is 11.0 Å². The number of carboxylic acids is 2. The normalized spacial score (nSPS) is 11.7. The van der Waals surface area contributed by atoms with Crippen LogP contribution in [-0.4, -0.2) is 22.2 Å². The summed E-state index contributed by atoms with van der Waals surface area (Å²) in [6.45, 7) is 0. The van der Waals surface area contributed by atoms with Gasteiger partial charge in [0.2, 0.25) is 0 Å². The number of carbonyl (C=O) groups is 2. The van der Waals surface area contributed by atoms with Crippen molar-refractivity contribution >= 4 is 18.0 Å².